The number of aromatic nitrogens is 1. The monoisotopic (exact) mass is 326 g/mol. The van der Waals surface area contributed by atoms with E-state index in [0.29, 0.717) is 18.7 Å². The van der Waals surface area contributed by atoms with Crippen LogP contribution >= 0.6 is 0 Å². The van der Waals surface area contributed by atoms with Crippen molar-refractivity contribution in [3.05, 3.63) is 65.6 Å². The Bertz CT molecular complexity index is 886. The predicted octanol–water partition coefficient (Wildman–Crippen LogP) is 3.30. The van der Waals surface area contributed by atoms with Gasteiger partial charge in [-0.3, -0.25) is 4.79 Å². The third kappa shape index (κ3) is 3.11. The molecule has 1 heterocycles. The molecule has 124 valence electrons. The largest absolute Gasteiger partial charge is 0.496 e. The first-order chi connectivity index (χ1) is 11.6. The van der Waals surface area contributed by atoms with Gasteiger partial charge in [0.2, 0.25) is 0 Å². The SMILES string of the molecule is COc1cccc2c1cc(C(=O)NCCc1cccc(F)c1)n2C. The summed E-state index contributed by atoms with van der Waals surface area (Å²) in [5, 5.41) is 3.78. The van der Waals surface area contributed by atoms with E-state index in [2.05, 4.69) is 5.32 Å². The van der Waals surface area contributed by atoms with Crippen molar-refractivity contribution in [2.45, 2.75) is 6.42 Å². The second kappa shape index (κ2) is 6.74. The fourth-order valence-corrected chi connectivity index (χ4v) is 2.83. The zero-order chi connectivity index (χ0) is 17.1. The van der Waals surface area contributed by atoms with E-state index in [9.17, 15) is 9.18 Å². The van der Waals surface area contributed by atoms with Crippen molar-refractivity contribution >= 4 is 16.8 Å². The topological polar surface area (TPSA) is 43.3 Å². The highest BCUT2D eigenvalue weighted by molar-refractivity contribution is 6.00. The van der Waals surface area contributed by atoms with Gasteiger partial charge in [-0.05, 0) is 42.3 Å². The lowest BCUT2D eigenvalue weighted by Crippen LogP contribution is -2.27. The minimum absolute atomic E-state index is 0.160. The van der Waals surface area contributed by atoms with E-state index in [1.807, 2.05) is 41.9 Å². The number of carbonyl (C=O) groups is 1. The molecule has 1 N–H and O–H groups in total. The lowest BCUT2D eigenvalue weighted by Gasteiger charge is -2.07. The highest BCUT2D eigenvalue weighted by Gasteiger charge is 2.15. The number of amides is 1. The Morgan fingerprint density at radius 2 is 2.00 bits per heavy atom. The van der Waals surface area contributed by atoms with Gasteiger partial charge in [0.25, 0.3) is 5.91 Å². The first-order valence-electron chi connectivity index (χ1n) is 7.75. The van der Waals surface area contributed by atoms with Gasteiger partial charge in [0.15, 0.2) is 0 Å². The highest BCUT2D eigenvalue weighted by Crippen LogP contribution is 2.27. The van der Waals surface area contributed by atoms with E-state index in [-0.39, 0.29) is 11.7 Å². The lowest BCUT2D eigenvalue weighted by atomic mass is 10.1. The summed E-state index contributed by atoms with van der Waals surface area (Å²) < 4.78 is 20.3. The Labute approximate surface area is 139 Å². The van der Waals surface area contributed by atoms with Gasteiger partial charge in [-0.25, -0.2) is 4.39 Å². The fourth-order valence-electron chi connectivity index (χ4n) is 2.83. The minimum atomic E-state index is -0.264. The van der Waals surface area contributed by atoms with Crippen molar-refractivity contribution in [2.75, 3.05) is 13.7 Å². The number of methoxy groups -OCH3 is 1. The third-order valence-electron chi connectivity index (χ3n) is 4.09. The number of rotatable bonds is 5. The van der Waals surface area contributed by atoms with Crippen molar-refractivity contribution in [3.63, 3.8) is 0 Å². The van der Waals surface area contributed by atoms with E-state index in [4.69, 9.17) is 4.74 Å². The van der Waals surface area contributed by atoms with Gasteiger partial charge in [-0.2, -0.15) is 0 Å². The number of aryl methyl sites for hydroxylation is 1. The molecule has 0 radical (unpaired) electrons. The van der Waals surface area contributed by atoms with Crippen LogP contribution in [0.3, 0.4) is 0 Å². The zero-order valence-electron chi connectivity index (χ0n) is 13.7. The molecule has 3 aromatic rings. The maximum atomic E-state index is 13.2. The third-order valence-corrected chi connectivity index (χ3v) is 4.09. The summed E-state index contributed by atoms with van der Waals surface area (Å²) in [5.41, 5.74) is 2.35. The number of fused-ring (bicyclic) bond motifs is 1. The van der Waals surface area contributed by atoms with E-state index in [0.717, 1.165) is 22.2 Å². The smallest absolute Gasteiger partial charge is 0.267 e. The normalized spacial score (nSPS) is 10.8. The molecule has 0 atom stereocenters. The number of nitrogens with zero attached hydrogens (tertiary/aromatic N) is 1. The number of nitrogens with one attached hydrogen (secondary N) is 1. The number of hydrogen-bond acceptors (Lipinski definition) is 2. The Hall–Kier alpha value is -2.82. The Morgan fingerprint density at radius 1 is 1.21 bits per heavy atom. The minimum Gasteiger partial charge on any atom is -0.496 e. The summed E-state index contributed by atoms with van der Waals surface area (Å²) in [6.07, 6.45) is 0.580. The van der Waals surface area contributed by atoms with Crippen LogP contribution in [-0.2, 0) is 13.5 Å². The summed E-state index contributed by atoms with van der Waals surface area (Å²) in [4.78, 5) is 12.4. The number of carbonyl (C=O) groups excluding carboxylic acids is 1. The van der Waals surface area contributed by atoms with Crippen LogP contribution in [-0.4, -0.2) is 24.1 Å². The number of benzene rings is 2. The molecule has 0 fully saturated rings. The van der Waals surface area contributed by atoms with Crippen molar-refractivity contribution in [1.82, 2.24) is 9.88 Å². The Morgan fingerprint density at radius 3 is 2.75 bits per heavy atom. The maximum Gasteiger partial charge on any atom is 0.267 e. The standard InChI is InChI=1S/C19H19FN2O2/c1-22-16-7-4-8-18(24-2)15(16)12-17(22)19(23)21-10-9-13-5-3-6-14(20)11-13/h3-8,11-12H,9-10H2,1-2H3,(H,21,23). The first kappa shape index (κ1) is 16.1. The number of ether oxygens (including phenoxy) is 1. The van der Waals surface area contributed by atoms with Crippen molar-refractivity contribution in [1.29, 1.82) is 0 Å². The summed E-state index contributed by atoms with van der Waals surface area (Å²) >= 11 is 0. The summed E-state index contributed by atoms with van der Waals surface area (Å²) in [5.74, 6) is 0.314. The second-order valence-corrected chi connectivity index (χ2v) is 5.62. The molecule has 0 aliphatic rings. The zero-order valence-corrected chi connectivity index (χ0v) is 13.7. The van der Waals surface area contributed by atoms with Crippen LogP contribution < -0.4 is 10.1 Å². The predicted molar refractivity (Wildman–Crippen MR) is 91.9 cm³/mol. The summed E-state index contributed by atoms with van der Waals surface area (Å²) in [6.45, 7) is 0.445. The van der Waals surface area contributed by atoms with Crippen LogP contribution in [0.5, 0.6) is 5.75 Å². The molecular formula is C19H19FN2O2. The van der Waals surface area contributed by atoms with Crippen LogP contribution in [0.2, 0.25) is 0 Å². The highest BCUT2D eigenvalue weighted by atomic mass is 19.1. The molecule has 0 saturated heterocycles. The van der Waals surface area contributed by atoms with Crippen LogP contribution in [0.4, 0.5) is 4.39 Å². The van der Waals surface area contributed by atoms with Crippen molar-refractivity contribution in [2.24, 2.45) is 7.05 Å². The van der Waals surface area contributed by atoms with E-state index >= 15 is 0 Å². The molecule has 0 aliphatic carbocycles. The summed E-state index contributed by atoms with van der Waals surface area (Å²) in [7, 11) is 3.46. The molecule has 0 spiro atoms. The van der Waals surface area contributed by atoms with Gasteiger partial charge >= 0.3 is 0 Å². The van der Waals surface area contributed by atoms with Gasteiger partial charge in [0, 0.05) is 19.0 Å². The Balaban J connectivity index is 1.73. The van der Waals surface area contributed by atoms with E-state index < -0.39 is 0 Å². The van der Waals surface area contributed by atoms with Crippen LogP contribution in [0, 0.1) is 5.82 Å². The van der Waals surface area contributed by atoms with Gasteiger partial charge in [0.05, 0.1) is 12.6 Å². The van der Waals surface area contributed by atoms with Crippen LogP contribution in [0.15, 0.2) is 48.5 Å². The molecule has 2 aromatic carbocycles. The van der Waals surface area contributed by atoms with E-state index in [1.165, 1.54) is 12.1 Å². The van der Waals surface area contributed by atoms with Crippen molar-refractivity contribution in [3.8, 4) is 5.75 Å². The quantitative estimate of drug-likeness (QED) is 0.782. The van der Waals surface area contributed by atoms with Crippen LogP contribution in [0.25, 0.3) is 10.9 Å². The van der Waals surface area contributed by atoms with Crippen molar-refractivity contribution < 1.29 is 13.9 Å². The fraction of sp³-hybridized carbons (Fsp3) is 0.211. The molecular weight excluding hydrogens is 307 g/mol. The Kier molecular flexibility index (Phi) is 4.51. The van der Waals surface area contributed by atoms with Crippen LogP contribution in [0.1, 0.15) is 16.1 Å². The molecule has 0 saturated carbocycles. The molecule has 24 heavy (non-hydrogen) atoms. The first-order valence-corrected chi connectivity index (χ1v) is 7.75. The average Bonchev–Trinajstić information content (AvgIpc) is 2.92. The van der Waals surface area contributed by atoms with Gasteiger partial charge in [-0.1, -0.05) is 18.2 Å². The summed E-state index contributed by atoms with van der Waals surface area (Å²) in [6, 6.07) is 13.9. The average molecular weight is 326 g/mol. The molecule has 5 heteroatoms. The molecule has 0 unspecified atom stereocenters. The van der Waals surface area contributed by atoms with E-state index in [1.54, 1.807) is 13.2 Å². The van der Waals surface area contributed by atoms with Gasteiger partial charge < -0.3 is 14.6 Å². The molecule has 3 rings (SSSR count). The number of halogens is 1. The van der Waals surface area contributed by atoms with Gasteiger partial charge in [-0.15, -0.1) is 0 Å². The molecule has 4 nitrogen and oxygen atoms in total. The molecule has 0 bridgehead atoms. The van der Waals surface area contributed by atoms with Gasteiger partial charge in [0.1, 0.15) is 17.3 Å². The number of hydrogen-bond donors (Lipinski definition) is 1. The maximum absolute atomic E-state index is 13.2. The molecule has 1 amide bonds. The lowest BCUT2D eigenvalue weighted by molar-refractivity contribution is 0.0946. The second-order valence-electron chi connectivity index (χ2n) is 5.62. The molecule has 1 aromatic heterocycles. The molecule has 0 aliphatic heterocycles.